The first kappa shape index (κ1) is 25.2. The molecule has 3 rings (SSSR count). The van der Waals surface area contributed by atoms with Crippen LogP contribution in [0.4, 0.5) is 0 Å². The van der Waals surface area contributed by atoms with Crippen LogP contribution in [-0.4, -0.2) is 108 Å². The van der Waals surface area contributed by atoms with Crippen molar-refractivity contribution in [3.63, 3.8) is 0 Å². The summed E-state index contributed by atoms with van der Waals surface area (Å²) < 4.78 is 1.49. The molecule has 0 aromatic carbocycles. The summed E-state index contributed by atoms with van der Waals surface area (Å²) in [6.07, 6.45) is 1.73. The van der Waals surface area contributed by atoms with Gasteiger partial charge in [0.1, 0.15) is 11.2 Å². The number of carbonyl (C=O) groups excluding carboxylic acids is 3. The second-order valence-corrected chi connectivity index (χ2v) is 9.90. The van der Waals surface area contributed by atoms with Gasteiger partial charge in [-0.05, 0) is 39.3 Å². The summed E-state index contributed by atoms with van der Waals surface area (Å²) in [6, 6.07) is 1.52. The molecule has 0 unspecified atom stereocenters. The summed E-state index contributed by atoms with van der Waals surface area (Å²) in [7, 11) is 3.76. The number of aromatic nitrogens is 2. The molecule has 33 heavy (non-hydrogen) atoms. The molecule has 184 valence electrons. The maximum atomic E-state index is 13.0. The molecule has 1 saturated heterocycles. The van der Waals surface area contributed by atoms with E-state index in [-0.39, 0.29) is 30.0 Å². The number of hydrogen-bond acceptors (Lipinski definition) is 6. The van der Waals surface area contributed by atoms with Crippen molar-refractivity contribution < 1.29 is 14.4 Å². The van der Waals surface area contributed by atoms with Crippen molar-refractivity contribution in [2.75, 3.05) is 59.9 Å². The van der Waals surface area contributed by atoms with Crippen molar-refractivity contribution in [2.45, 2.75) is 45.7 Å². The monoisotopic (exact) mass is 461 g/mol. The average molecular weight is 462 g/mol. The maximum absolute atomic E-state index is 13.0. The highest BCUT2D eigenvalue weighted by Gasteiger charge is 2.46. The Kier molecular flexibility index (Phi) is 8.12. The van der Waals surface area contributed by atoms with Gasteiger partial charge in [0.15, 0.2) is 5.69 Å². The van der Waals surface area contributed by atoms with Crippen LogP contribution < -0.4 is 10.6 Å². The van der Waals surface area contributed by atoms with Crippen molar-refractivity contribution in [3.05, 3.63) is 17.5 Å². The van der Waals surface area contributed by atoms with E-state index in [1.54, 1.807) is 14.0 Å². The summed E-state index contributed by atoms with van der Waals surface area (Å²) in [5, 5.41) is 10.2. The first-order chi connectivity index (χ1) is 15.6. The number of hydrogen-bond donors (Lipinski definition) is 2. The minimum atomic E-state index is -1.07. The predicted octanol–water partition coefficient (Wildman–Crippen LogP) is 0.257. The van der Waals surface area contributed by atoms with Crippen LogP contribution in [0.1, 0.15) is 54.6 Å². The van der Waals surface area contributed by atoms with Crippen molar-refractivity contribution >= 4 is 17.7 Å². The normalized spacial score (nSPS) is 21.9. The highest BCUT2D eigenvalue weighted by molar-refractivity contribution is 6.01. The Bertz CT molecular complexity index is 860. The smallest absolute Gasteiger partial charge is 0.272 e. The second-order valence-electron chi connectivity index (χ2n) is 9.90. The number of piperazine rings is 1. The Morgan fingerprint density at radius 2 is 1.82 bits per heavy atom. The van der Waals surface area contributed by atoms with Crippen LogP contribution in [0.25, 0.3) is 0 Å². The molecule has 3 heterocycles. The third kappa shape index (κ3) is 5.92. The number of nitrogens with zero attached hydrogens (tertiary/aromatic N) is 5. The summed E-state index contributed by atoms with van der Waals surface area (Å²) >= 11 is 0. The van der Waals surface area contributed by atoms with E-state index < -0.39 is 5.54 Å². The first-order valence-electron chi connectivity index (χ1n) is 11.9. The van der Waals surface area contributed by atoms with Crippen LogP contribution >= 0.6 is 0 Å². The number of carbonyl (C=O) groups is 3. The van der Waals surface area contributed by atoms with Crippen LogP contribution in [0.5, 0.6) is 0 Å². The van der Waals surface area contributed by atoms with Crippen LogP contribution in [0.2, 0.25) is 0 Å². The van der Waals surface area contributed by atoms with Gasteiger partial charge < -0.3 is 25.3 Å². The Labute approximate surface area is 196 Å². The number of rotatable bonds is 9. The fraction of sp³-hybridized carbons (Fsp3) is 0.739. The van der Waals surface area contributed by atoms with E-state index in [1.807, 2.05) is 0 Å². The standard InChI is InChI=1S/C23H39N7O3/c1-17(2)7-9-25-22(33)23(3)16-30-19(21(32)28(23)5)15-18(26-30)20(31)24-8-6-10-29-13-11-27(4)12-14-29/h15,17H,6-14,16H2,1-5H3,(H,24,31)(H,25,33)/t23-/m1/s1. The number of likely N-dealkylation sites (N-methyl/N-ethyl adjacent to an activating group) is 2. The zero-order valence-electron chi connectivity index (χ0n) is 20.7. The van der Waals surface area contributed by atoms with E-state index in [0.717, 1.165) is 45.6 Å². The predicted molar refractivity (Wildman–Crippen MR) is 126 cm³/mol. The second kappa shape index (κ2) is 10.6. The van der Waals surface area contributed by atoms with E-state index >= 15 is 0 Å². The molecule has 2 aliphatic heterocycles. The lowest BCUT2D eigenvalue weighted by Crippen LogP contribution is -2.62. The molecule has 0 aliphatic carbocycles. The van der Waals surface area contributed by atoms with Gasteiger partial charge in [-0.3, -0.25) is 19.1 Å². The largest absolute Gasteiger partial charge is 0.354 e. The van der Waals surface area contributed by atoms with Gasteiger partial charge in [-0.25, -0.2) is 0 Å². The van der Waals surface area contributed by atoms with Gasteiger partial charge in [0, 0.05) is 52.4 Å². The fourth-order valence-electron chi connectivity index (χ4n) is 4.17. The van der Waals surface area contributed by atoms with Crippen LogP contribution in [-0.2, 0) is 11.3 Å². The third-order valence-electron chi connectivity index (χ3n) is 6.76. The maximum Gasteiger partial charge on any atom is 0.272 e. The molecule has 0 radical (unpaired) electrons. The molecule has 10 nitrogen and oxygen atoms in total. The third-order valence-corrected chi connectivity index (χ3v) is 6.76. The molecule has 0 spiro atoms. The summed E-state index contributed by atoms with van der Waals surface area (Å²) in [4.78, 5) is 44.7. The van der Waals surface area contributed by atoms with Crippen LogP contribution in [0, 0.1) is 5.92 Å². The molecule has 0 bridgehead atoms. The van der Waals surface area contributed by atoms with Crippen molar-refractivity contribution in [1.82, 2.24) is 35.1 Å². The van der Waals surface area contributed by atoms with Crippen molar-refractivity contribution in [3.8, 4) is 0 Å². The molecule has 3 amide bonds. The van der Waals surface area contributed by atoms with Gasteiger partial charge in [-0.2, -0.15) is 5.10 Å². The number of nitrogens with one attached hydrogen (secondary N) is 2. The van der Waals surface area contributed by atoms with E-state index in [1.165, 1.54) is 15.6 Å². The molecular weight excluding hydrogens is 422 g/mol. The van der Waals surface area contributed by atoms with Gasteiger partial charge >= 0.3 is 0 Å². The molecule has 2 N–H and O–H groups in total. The Morgan fingerprint density at radius 1 is 1.12 bits per heavy atom. The summed E-state index contributed by atoms with van der Waals surface area (Å²) in [5.41, 5.74) is -0.535. The summed E-state index contributed by atoms with van der Waals surface area (Å²) in [5.74, 6) is -0.350. The summed E-state index contributed by atoms with van der Waals surface area (Å²) in [6.45, 7) is 12.4. The van der Waals surface area contributed by atoms with Crippen LogP contribution in [0.3, 0.4) is 0 Å². The minimum absolute atomic E-state index is 0.203. The van der Waals surface area contributed by atoms with Crippen LogP contribution in [0.15, 0.2) is 6.07 Å². The quantitative estimate of drug-likeness (QED) is 0.512. The minimum Gasteiger partial charge on any atom is -0.354 e. The number of amides is 3. The highest BCUT2D eigenvalue weighted by Crippen LogP contribution is 2.26. The zero-order chi connectivity index (χ0) is 24.2. The fourth-order valence-corrected chi connectivity index (χ4v) is 4.17. The van der Waals surface area contributed by atoms with Crippen molar-refractivity contribution in [2.24, 2.45) is 5.92 Å². The molecule has 2 aliphatic rings. The van der Waals surface area contributed by atoms with E-state index in [9.17, 15) is 14.4 Å². The molecule has 0 saturated carbocycles. The molecular formula is C23H39N7O3. The van der Waals surface area contributed by atoms with Gasteiger partial charge in [0.2, 0.25) is 5.91 Å². The lowest BCUT2D eigenvalue weighted by atomic mass is 9.95. The lowest BCUT2D eigenvalue weighted by Gasteiger charge is -2.40. The average Bonchev–Trinajstić information content (AvgIpc) is 3.20. The van der Waals surface area contributed by atoms with Gasteiger partial charge in [-0.1, -0.05) is 13.8 Å². The van der Waals surface area contributed by atoms with Gasteiger partial charge in [0.05, 0.1) is 6.54 Å². The molecule has 1 atom stereocenters. The van der Waals surface area contributed by atoms with E-state index in [2.05, 4.69) is 46.4 Å². The molecule has 1 fully saturated rings. The van der Waals surface area contributed by atoms with Gasteiger partial charge in [0.25, 0.3) is 11.8 Å². The Morgan fingerprint density at radius 3 is 2.48 bits per heavy atom. The van der Waals surface area contributed by atoms with E-state index in [4.69, 9.17) is 0 Å². The lowest BCUT2D eigenvalue weighted by molar-refractivity contribution is -0.132. The molecule has 1 aromatic rings. The topological polar surface area (TPSA) is 103 Å². The Hall–Kier alpha value is -2.46. The van der Waals surface area contributed by atoms with E-state index in [0.29, 0.717) is 24.7 Å². The number of fused-ring (bicyclic) bond motifs is 1. The zero-order valence-corrected chi connectivity index (χ0v) is 20.7. The highest BCUT2D eigenvalue weighted by atomic mass is 16.2. The molecule has 10 heteroatoms. The Balaban J connectivity index is 1.56. The first-order valence-corrected chi connectivity index (χ1v) is 11.9. The molecule has 1 aromatic heterocycles. The van der Waals surface area contributed by atoms with Crippen molar-refractivity contribution in [1.29, 1.82) is 0 Å². The SMILES string of the molecule is CC(C)CCNC(=O)[C@@]1(C)Cn2nc(C(=O)NCCCN3CCN(C)CC3)cc2C(=O)N1C. The van der Waals surface area contributed by atoms with Gasteiger partial charge in [-0.15, -0.1) is 0 Å².